The standard InChI is InChI=1S/C13H19N3S/c1-2-10-6-8-16(9-7-10)12-5-3-4-11(15-12)13(14)17/h3-5,10H,2,6-9H2,1H3,(H2,14,17). The normalized spacial score (nSPS) is 17.1. The summed E-state index contributed by atoms with van der Waals surface area (Å²) in [5, 5.41) is 0. The lowest BCUT2D eigenvalue weighted by atomic mass is 9.94. The first-order valence-electron chi connectivity index (χ1n) is 6.22. The second-order valence-electron chi connectivity index (χ2n) is 4.58. The molecule has 0 aromatic carbocycles. The van der Waals surface area contributed by atoms with Gasteiger partial charge in [0.05, 0.1) is 5.69 Å². The van der Waals surface area contributed by atoms with Gasteiger partial charge in [-0.3, -0.25) is 0 Å². The Morgan fingerprint density at radius 1 is 1.47 bits per heavy atom. The Balaban J connectivity index is 2.08. The molecule has 1 saturated heterocycles. The summed E-state index contributed by atoms with van der Waals surface area (Å²) in [6, 6.07) is 5.88. The number of nitrogens with two attached hydrogens (primary N) is 1. The lowest BCUT2D eigenvalue weighted by molar-refractivity contribution is 0.394. The topological polar surface area (TPSA) is 42.1 Å². The number of thiocarbonyl (C=S) groups is 1. The van der Waals surface area contributed by atoms with Crippen molar-refractivity contribution >= 4 is 23.0 Å². The number of rotatable bonds is 3. The number of anilines is 1. The minimum absolute atomic E-state index is 0.371. The summed E-state index contributed by atoms with van der Waals surface area (Å²) in [7, 11) is 0. The van der Waals surface area contributed by atoms with Crippen LogP contribution in [0.1, 0.15) is 31.9 Å². The molecule has 92 valence electrons. The number of nitrogens with zero attached hydrogens (tertiary/aromatic N) is 2. The highest BCUT2D eigenvalue weighted by Gasteiger charge is 2.18. The van der Waals surface area contributed by atoms with E-state index in [-0.39, 0.29) is 0 Å². The van der Waals surface area contributed by atoms with Crippen molar-refractivity contribution in [1.29, 1.82) is 0 Å². The van der Waals surface area contributed by atoms with Gasteiger partial charge in [-0.2, -0.15) is 0 Å². The number of piperidine rings is 1. The molecule has 0 bridgehead atoms. The maximum atomic E-state index is 5.61. The third-order valence-corrected chi connectivity index (χ3v) is 3.71. The van der Waals surface area contributed by atoms with Crippen LogP contribution in [0.4, 0.5) is 5.82 Å². The average Bonchev–Trinajstić information content (AvgIpc) is 2.39. The zero-order valence-corrected chi connectivity index (χ0v) is 11.0. The quantitative estimate of drug-likeness (QED) is 0.835. The van der Waals surface area contributed by atoms with Gasteiger partial charge in [0.1, 0.15) is 10.8 Å². The maximum Gasteiger partial charge on any atom is 0.129 e. The van der Waals surface area contributed by atoms with Crippen molar-refractivity contribution in [2.45, 2.75) is 26.2 Å². The Labute approximate surface area is 108 Å². The van der Waals surface area contributed by atoms with Gasteiger partial charge < -0.3 is 10.6 Å². The molecular weight excluding hydrogens is 230 g/mol. The summed E-state index contributed by atoms with van der Waals surface area (Å²) in [6.07, 6.45) is 3.80. The van der Waals surface area contributed by atoms with Crippen LogP contribution in [0.5, 0.6) is 0 Å². The molecule has 1 aliphatic heterocycles. The third-order valence-electron chi connectivity index (χ3n) is 3.50. The highest BCUT2D eigenvalue weighted by Crippen LogP contribution is 2.23. The first kappa shape index (κ1) is 12.3. The van der Waals surface area contributed by atoms with Crippen LogP contribution in [0, 0.1) is 5.92 Å². The van der Waals surface area contributed by atoms with E-state index in [1.54, 1.807) is 0 Å². The van der Waals surface area contributed by atoms with Gasteiger partial charge in [0.15, 0.2) is 0 Å². The smallest absolute Gasteiger partial charge is 0.129 e. The number of hydrogen-bond donors (Lipinski definition) is 1. The molecule has 17 heavy (non-hydrogen) atoms. The van der Waals surface area contributed by atoms with Crippen LogP contribution in [-0.2, 0) is 0 Å². The molecule has 4 heteroatoms. The molecule has 1 fully saturated rings. The zero-order chi connectivity index (χ0) is 12.3. The van der Waals surface area contributed by atoms with Crippen LogP contribution in [0.25, 0.3) is 0 Å². The van der Waals surface area contributed by atoms with Crippen LogP contribution in [0.3, 0.4) is 0 Å². The number of aromatic nitrogens is 1. The molecule has 0 unspecified atom stereocenters. The van der Waals surface area contributed by atoms with Gasteiger partial charge in [-0.1, -0.05) is 31.6 Å². The maximum absolute atomic E-state index is 5.61. The Morgan fingerprint density at radius 2 is 2.18 bits per heavy atom. The van der Waals surface area contributed by atoms with Gasteiger partial charge in [-0.15, -0.1) is 0 Å². The van der Waals surface area contributed by atoms with Gasteiger partial charge in [-0.25, -0.2) is 4.98 Å². The van der Waals surface area contributed by atoms with Gasteiger partial charge in [0.25, 0.3) is 0 Å². The second-order valence-corrected chi connectivity index (χ2v) is 5.02. The van der Waals surface area contributed by atoms with E-state index in [2.05, 4.69) is 16.8 Å². The summed E-state index contributed by atoms with van der Waals surface area (Å²) < 4.78 is 0. The van der Waals surface area contributed by atoms with Crippen molar-refractivity contribution in [2.75, 3.05) is 18.0 Å². The van der Waals surface area contributed by atoms with Crippen molar-refractivity contribution in [3.8, 4) is 0 Å². The highest BCUT2D eigenvalue weighted by atomic mass is 32.1. The van der Waals surface area contributed by atoms with Crippen LogP contribution in [0.2, 0.25) is 0 Å². The van der Waals surface area contributed by atoms with E-state index in [4.69, 9.17) is 18.0 Å². The first-order valence-corrected chi connectivity index (χ1v) is 6.63. The summed E-state index contributed by atoms with van der Waals surface area (Å²) >= 11 is 4.96. The molecule has 2 rings (SSSR count). The van der Waals surface area contributed by atoms with Crippen LogP contribution < -0.4 is 10.6 Å². The summed E-state index contributed by atoms with van der Waals surface area (Å²) in [5.74, 6) is 1.88. The van der Waals surface area contributed by atoms with Crippen LogP contribution >= 0.6 is 12.2 Å². The molecule has 1 aliphatic rings. The molecule has 1 aromatic heterocycles. The molecule has 0 amide bonds. The highest BCUT2D eigenvalue weighted by molar-refractivity contribution is 7.80. The SMILES string of the molecule is CCC1CCN(c2cccc(C(N)=S)n2)CC1. The van der Waals surface area contributed by atoms with E-state index in [1.807, 2.05) is 18.2 Å². The summed E-state index contributed by atoms with van der Waals surface area (Å²) in [5.41, 5.74) is 6.32. The Kier molecular flexibility index (Phi) is 3.94. The molecule has 0 saturated carbocycles. The van der Waals surface area contributed by atoms with Crippen molar-refractivity contribution < 1.29 is 0 Å². The van der Waals surface area contributed by atoms with Gasteiger partial charge >= 0.3 is 0 Å². The van der Waals surface area contributed by atoms with E-state index in [9.17, 15) is 0 Å². The minimum atomic E-state index is 0.371. The largest absolute Gasteiger partial charge is 0.388 e. The van der Waals surface area contributed by atoms with Crippen LogP contribution in [-0.4, -0.2) is 23.1 Å². The molecule has 2 N–H and O–H groups in total. The average molecular weight is 249 g/mol. The van der Waals surface area contributed by atoms with Gasteiger partial charge in [-0.05, 0) is 30.9 Å². The van der Waals surface area contributed by atoms with Gasteiger partial charge in [0.2, 0.25) is 0 Å². The van der Waals surface area contributed by atoms with E-state index in [0.717, 1.165) is 30.5 Å². The first-order chi connectivity index (χ1) is 8.20. The summed E-state index contributed by atoms with van der Waals surface area (Å²) in [4.78, 5) is 7.20. The fourth-order valence-electron chi connectivity index (χ4n) is 2.31. The number of pyridine rings is 1. The minimum Gasteiger partial charge on any atom is -0.388 e. The van der Waals surface area contributed by atoms with Crippen molar-refractivity contribution in [3.63, 3.8) is 0 Å². The molecule has 0 radical (unpaired) electrons. The fourth-order valence-corrected chi connectivity index (χ4v) is 2.42. The predicted octanol–water partition coefficient (Wildman–Crippen LogP) is 2.34. The second kappa shape index (κ2) is 5.45. The molecule has 2 heterocycles. The lowest BCUT2D eigenvalue weighted by Crippen LogP contribution is -2.34. The van der Waals surface area contributed by atoms with Crippen molar-refractivity contribution in [3.05, 3.63) is 23.9 Å². The monoisotopic (exact) mass is 249 g/mol. The zero-order valence-electron chi connectivity index (χ0n) is 10.2. The van der Waals surface area contributed by atoms with E-state index in [1.165, 1.54) is 19.3 Å². The molecule has 3 nitrogen and oxygen atoms in total. The third kappa shape index (κ3) is 2.94. The van der Waals surface area contributed by atoms with Crippen LogP contribution in [0.15, 0.2) is 18.2 Å². The van der Waals surface area contributed by atoms with E-state index < -0.39 is 0 Å². The Bertz CT molecular complexity index is 397. The van der Waals surface area contributed by atoms with Crippen molar-refractivity contribution in [2.24, 2.45) is 11.7 Å². The lowest BCUT2D eigenvalue weighted by Gasteiger charge is -2.32. The number of hydrogen-bond acceptors (Lipinski definition) is 3. The fraction of sp³-hybridized carbons (Fsp3) is 0.538. The Morgan fingerprint density at radius 3 is 2.76 bits per heavy atom. The van der Waals surface area contributed by atoms with E-state index in [0.29, 0.717) is 4.99 Å². The molecular formula is C13H19N3S. The van der Waals surface area contributed by atoms with Crippen molar-refractivity contribution in [1.82, 2.24) is 4.98 Å². The molecule has 0 spiro atoms. The molecule has 1 aromatic rings. The molecule has 0 atom stereocenters. The Hall–Kier alpha value is -1.16. The summed E-state index contributed by atoms with van der Waals surface area (Å²) in [6.45, 7) is 4.45. The van der Waals surface area contributed by atoms with Gasteiger partial charge in [0, 0.05) is 13.1 Å². The van der Waals surface area contributed by atoms with E-state index >= 15 is 0 Å². The molecule has 0 aliphatic carbocycles. The predicted molar refractivity (Wildman–Crippen MR) is 75.4 cm³/mol.